The van der Waals surface area contributed by atoms with Crippen molar-refractivity contribution in [3.8, 4) is 11.3 Å². The molecule has 2 aromatic rings. The monoisotopic (exact) mass is 319 g/mol. The third-order valence-electron chi connectivity index (χ3n) is 2.51. The number of halogens is 5. The molecule has 0 fully saturated rings. The summed E-state index contributed by atoms with van der Waals surface area (Å²) in [6.07, 6.45) is -3.58. The number of aldehydes is 1. The van der Waals surface area contributed by atoms with Gasteiger partial charge in [0, 0.05) is 27.4 Å². The lowest BCUT2D eigenvalue weighted by Gasteiger charge is -2.10. The predicted octanol–water partition coefficient (Wildman–Crippen LogP) is 4.89. The van der Waals surface area contributed by atoms with Crippen LogP contribution in [0.4, 0.5) is 13.2 Å². The zero-order valence-electron chi connectivity index (χ0n) is 9.71. The second kappa shape index (κ2) is 5.42. The quantitative estimate of drug-likeness (QED) is 0.738. The minimum Gasteiger partial charge on any atom is -0.298 e. The lowest BCUT2D eigenvalue weighted by atomic mass is 10.0. The molecular weight excluding hydrogens is 314 g/mol. The summed E-state index contributed by atoms with van der Waals surface area (Å²) in [6.45, 7) is 0. The van der Waals surface area contributed by atoms with E-state index in [2.05, 4.69) is 4.98 Å². The van der Waals surface area contributed by atoms with Gasteiger partial charge in [-0.25, -0.2) is 0 Å². The number of alkyl halides is 3. The van der Waals surface area contributed by atoms with Gasteiger partial charge < -0.3 is 0 Å². The Morgan fingerprint density at radius 2 is 1.65 bits per heavy atom. The molecule has 0 spiro atoms. The molecular formula is C13H6Cl2F3NO. The van der Waals surface area contributed by atoms with Crippen molar-refractivity contribution < 1.29 is 18.0 Å². The first-order chi connectivity index (χ1) is 9.31. The Kier molecular flexibility index (Phi) is 4.01. The van der Waals surface area contributed by atoms with Crippen molar-refractivity contribution in [2.24, 2.45) is 0 Å². The predicted molar refractivity (Wildman–Crippen MR) is 70.1 cm³/mol. The van der Waals surface area contributed by atoms with Gasteiger partial charge in [0.25, 0.3) is 0 Å². The van der Waals surface area contributed by atoms with Crippen LogP contribution in [0.25, 0.3) is 11.3 Å². The molecule has 0 bridgehead atoms. The van der Waals surface area contributed by atoms with Crippen molar-refractivity contribution in [3.63, 3.8) is 0 Å². The number of nitrogens with zero attached hydrogens (tertiary/aromatic N) is 1. The highest BCUT2D eigenvalue weighted by Crippen LogP contribution is 2.33. The van der Waals surface area contributed by atoms with Gasteiger partial charge >= 0.3 is 6.18 Å². The van der Waals surface area contributed by atoms with E-state index in [9.17, 15) is 18.0 Å². The Hall–Kier alpha value is -1.59. The van der Waals surface area contributed by atoms with Crippen LogP contribution in [0.15, 0.2) is 30.5 Å². The number of rotatable bonds is 2. The second-order valence-electron chi connectivity index (χ2n) is 3.94. The van der Waals surface area contributed by atoms with Crippen LogP contribution >= 0.6 is 23.2 Å². The maximum atomic E-state index is 12.6. The molecule has 104 valence electrons. The van der Waals surface area contributed by atoms with Crippen molar-refractivity contribution in [1.82, 2.24) is 4.98 Å². The van der Waals surface area contributed by atoms with E-state index >= 15 is 0 Å². The average molecular weight is 320 g/mol. The van der Waals surface area contributed by atoms with Gasteiger partial charge in [-0.15, -0.1) is 0 Å². The molecule has 7 heteroatoms. The van der Waals surface area contributed by atoms with Gasteiger partial charge in [-0.1, -0.05) is 23.2 Å². The number of hydrogen-bond acceptors (Lipinski definition) is 2. The van der Waals surface area contributed by atoms with Crippen LogP contribution in [0.1, 0.15) is 15.9 Å². The summed E-state index contributed by atoms with van der Waals surface area (Å²) in [5.74, 6) is 0. The van der Waals surface area contributed by atoms with E-state index < -0.39 is 11.7 Å². The van der Waals surface area contributed by atoms with Crippen molar-refractivity contribution >= 4 is 29.5 Å². The van der Waals surface area contributed by atoms with Gasteiger partial charge in [0.05, 0.1) is 11.3 Å². The molecule has 1 aromatic heterocycles. The number of carbonyl (C=O) groups excluding carboxylic acids is 1. The van der Waals surface area contributed by atoms with Crippen LogP contribution in [-0.4, -0.2) is 11.3 Å². The maximum Gasteiger partial charge on any atom is 0.417 e. The summed E-state index contributed by atoms with van der Waals surface area (Å²) in [4.78, 5) is 14.7. The van der Waals surface area contributed by atoms with E-state index in [-0.39, 0.29) is 11.3 Å². The summed E-state index contributed by atoms with van der Waals surface area (Å²) >= 11 is 11.6. The van der Waals surface area contributed by atoms with Crippen LogP contribution in [0.5, 0.6) is 0 Å². The van der Waals surface area contributed by atoms with Gasteiger partial charge in [-0.3, -0.25) is 9.78 Å². The second-order valence-corrected chi connectivity index (χ2v) is 4.81. The standard InChI is InChI=1S/C13H6Cl2F3NO/c14-10-2-7(3-11(15)4-10)12-8(6-20)1-9(5-19-12)13(16,17)18/h1-6H. The van der Waals surface area contributed by atoms with Crippen LogP contribution in [0.3, 0.4) is 0 Å². The SMILES string of the molecule is O=Cc1cc(C(F)(F)F)cnc1-c1cc(Cl)cc(Cl)c1. The number of benzene rings is 1. The molecule has 0 aliphatic heterocycles. The largest absolute Gasteiger partial charge is 0.417 e. The maximum absolute atomic E-state index is 12.6. The van der Waals surface area contributed by atoms with Crippen molar-refractivity contribution in [2.75, 3.05) is 0 Å². The fourth-order valence-electron chi connectivity index (χ4n) is 1.66. The van der Waals surface area contributed by atoms with Crippen molar-refractivity contribution in [3.05, 3.63) is 51.6 Å². The number of pyridine rings is 1. The molecule has 0 N–H and O–H groups in total. The van der Waals surface area contributed by atoms with Crippen LogP contribution in [0.2, 0.25) is 10.0 Å². The molecule has 2 nitrogen and oxygen atoms in total. The summed E-state index contributed by atoms with van der Waals surface area (Å²) < 4.78 is 37.7. The molecule has 20 heavy (non-hydrogen) atoms. The summed E-state index contributed by atoms with van der Waals surface area (Å²) in [7, 11) is 0. The summed E-state index contributed by atoms with van der Waals surface area (Å²) in [5, 5.41) is 0.595. The normalized spacial score (nSPS) is 11.4. The first-order valence-corrected chi connectivity index (χ1v) is 6.06. The molecule has 0 atom stereocenters. The molecule has 0 saturated carbocycles. The topological polar surface area (TPSA) is 30.0 Å². The first-order valence-electron chi connectivity index (χ1n) is 5.30. The molecule has 0 amide bonds. The fourth-order valence-corrected chi connectivity index (χ4v) is 2.18. The van der Waals surface area contributed by atoms with E-state index in [1.807, 2.05) is 0 Å². The zero-order chi connectivity index (χ0) is 14.9. The first kappa shape index (κ1) is 14.8. The zero-order valence-corrected chi connectivity index (χ0v) is 11.2. The highest BCUT2D eigenvalue weighted by atomic mass is 35.5. The van der Waals surface area contributed by atoms with E-state index in [0.29, 0.717) is 28.1 Å². The molecule has 0 radical (unpaired) electrons. The number of carbonyl (C=O) groups is 1. The molecule has 1 heterocycles. The lowest BCUT2D eigenvalue weighted by molar-refractivity contribution is -0.137. The number of hydrogen-bond donors (Lipinski definition) is 0. The minimum atomic E-state index is -4.56. The summed E-state index contributed by atoms with van der Waals surface area (Å²) in [5.41, 5.74) is -0.703. The Morgan fingerprint density at radius 1 is 1.05 bits per heavy atom. The van der Waals surface area contributed by atoms with E-state index in [1.165, 1.54) is 18.2 Å². The van der Waals surface area contributed by atoms with Gasteiger partial charge in [-0.05, 0) is 24.3 Å². The van der Waals surface area contributed by atoms with Crippen LogP contribution in [0, 0.1) is 0 Å². The Labute approximate surface area is 122 Å². The molecule has 0 aliphatic carbocycles. The van der Waals surface area contributed by atoms with Crippen LogP contribution in [-0.2, 0) is 6.18 Å². The fraction of sp³-hybridized carbons (Fsp3) is 0.0769. The lowest BCUT2D eigenvalue weighted by Crippen LogP contribution is -2.07. The Morgan fingerprint density at radius 3 is 2.15 bits per heavy atom. The van der Waals surface area contributed by atoms with Crippen molar-refractivity contribution in [2.45, 2.75) is 6.18 Å². The van der Waals surface area contributed by atoms with Gasteiger partial charge in [-0.2, -0.15) is 13.2 Å². The van der Waals surface area contributed by atoms with E-state index in [0.717, 1.165) is 6.07 Å². The molecule has 0 aliphatic rings. The van der Waals surface area contributed by atoms with Crippen molar-refractivity contribution in [1.29, 1.82) is 0 Å². The van der Waals surface area contributed by atoms with Gasteiger partial charge in [0.2, 0.25) is 0 Å². The smallest absolute Gasteiger partial charge is 0.298 e. The summed E-state index contributed by atoms with van der Waals surface area (Å²) in [6, 6.07) is 5.15. The molecule has 0 saturated heterocycles. The Bertz CT molecular complexity index is 651. The third kappa shape index (κ3) is 3.11. The highest BCUT2D eigenvalue weighted by molar-refractivity contribution is 6.35. The van der Waals surface area contributed by atoms with E-state index in [4.69, 9.17) is 23.2 Å². The number of aromatic nitrogens is 1. The molecule has 0 unspecified atom stereocenters. The highest BCUT2D eigenvalue weighted by Gasteiger charge is 2.31. The Balaban J connectivity index is 2.60. The third-order valence-corrected chi connectivity index (χ3v) is 2.94. The van der Waals surface area contributed by atoms with E-state index in [1.54, 1.807) is 0 Å². The molecule has 1 aromatic carbocycles. The van der Waals surface area contributed by atoms with Crippen LogP contribution < -0.4 is 0 Å². The minimum absolute atomic E-state index is 0.0948. The average Bonchev–Trinajstić information content (AvgIpc) is 2.35. The van der Waals surface area contributed by atoms with Gasteiger partial charge in [0.1, 0.15) is 0 Å². The molecule has 2 rings (SSSR count). The van der Waals surface area contributed by atoms with Gasteiger partial charge in [0.15, 0.2) is 6.29 Å².